The molecule has 1 atom stereocenters. The molecule has 7 nitrogen and oxygen atoms in total. The number of hydrogen-bond donors (Lipinski definition) is 1. The Labute approximate surface area is 153 Å². The van der Waals surface area contributed by atoms with Crippen molar-refractivity contribution in [2.75, 3.05) is 27.9 Å². The summed E-state index contributed by atoms with van der Waals surface area (Å²) in [7, 11) is 4.58. The molecule has 142 valence electrons. The topological polar surface area (TPSA) is 83.1 Å². The Morgan fingerprint density at radius 2 is 1.77 bits per heavy atom. The van der Waals surface area contributed by atoms with Gasteiger partial charge in [-0.3, -0.25) is 9.59 Å². The molecule has 0 fully saturated rings. The Morgan fingerprint density at radius 3 is 2.31 bits per heavy atom. The number of hydrogen-bond acceptors (Lipinski definition) is 6. The van der Waals surface area contributed by atoms with Gasteiger partial charge in [0, 0.05) is 6.54 Å². The summed E-state index contributed by atoms with van der Waals surface area (Å²) in [4.78, 5) is 23.9. The van der Waals surface area contributed by atoms with Crippen LogP contribution in [0.4, 0.5) is 0 Å². The summed E-state index contributed by atoms with van der Waals surface area (Å²) in [6, 6.07) is 3.50. The predicted molar refractivity (Wildman–Crippen MR) is 95.4 cm³/mol. The van der Waals surface area contributed by atoms with Gasteiger partial charge in [-0.1, -0.05) is 12.2 Å². The minimum atomic E-state index is -0.363. The molecule has 0 radical (unpaired) electrons. The SMILES string of the molecule is COc1cc(CNC(=O)COC(=O)[C@H]2CC=CCC2)cc(OC)c1OC. The van der Waals surface area contributed by atoms with Gasteiger partial charge in [0.25, 0.3) is 5.91 Å². The van der Waals surface area contributed by atoms with Gasteiger partial charge < -0.3 is 24.3 Å². The molecule has 0 aromatic heterocycles. The summed E-state index contributed by atoms with van der Waals surface area (Å²) in [5, 5.41) is 2.72. The number of carbonyl (C=O) groups is 2. The molecule has 0 saturated heterocycles. The van der Waals surface area contributed by atoms with E-state index in [2.05, 4.69) is 5.32 Å². The lowest BCUT2D eigenvalue weighted by molar-refractivity contribution is -0.152. The molecule has 1 aromatic rings. The van der Waals surface area contributed by atoms with E-state index in [0.717, 1.165) is 18.4 Å². The quantitative estimate of drug-likeness (QED) is 0.563. The van der Waals surface area contributed by atoms with Gasteiger partial charge >= 0.3 is 5.97 Å². The third-order valence-electron chi connectivity index (χ3n) is 4.16. The molecule has 1 N–H and O–H groups in total. The predicted octanol–water partition coefficient (Wildman–Crippen LogP) is 2.23. The van der Waals surface area contributed by atoms with Gasteiger partial charge in [-0.15, -0.1) is 0 Å². The summed E-state index contributed by atoms with van der Waals surface area (Å²) in [6.07, 6.45) is 6.33. The average molecular weight is 363 g/mol. The maximum absolute atomic E-state index is 11.9. The van der Waals surface area contributed by atoms with Gasteiger partial charge in [-0.2, -0.15) is 0 Å². The molecule has 7 heteroatoms. The van der Waals surface area contributed by atoms with E-state index in [4.69, 9.17) is 18.9 Å². The maximum atomic E-state index is 11.9. The number of allylic oxidation sites excluding steroid dienone is 2. The largest absolute Gasteiger partial charge is 0.493 e. The van der Waals surface area contributed by atoms with Crippen LogP contribution in [0.15, 0.2) is 24.3 Å². The summed E-state index contributed by atoms with van der Waals surface area (Å²) in [5.74, 6) is 0.667. The van der Waals surface area contributed by atoms with E-state index in [9.17, 15) is 9.59 Å². The summed E-state index contributed by atoms with van der Waals surface area (Å²) >= 11 is 0. The van der Waals surface area contributed by atoms with E-state index < -0.39 is 0 Å². The highest BCUT2D eigenvalue weighted by Gasteiger charge is 2.21. The number of amides is 1. The van der Waals surface area contributed by atoms with Crippen molar-refractivity contribution in [2.45, 2.75) is 25.8 Å². The number of methoxy groups -OCH3 is 3. The van der Waals surface area contributed by atoms with Crippen LogP contribution in [0.3, 0.4) is 0 Å². The highest BCUT2D eigenvalue weighted by Crippen LogP contribution is 2.38. The first-order chi connectivity index (χ1) is 12.6. The van der Waals surface area contributed by atoms with Crippen LogP contribution in [0.5, 0.6) is 17.2 Å². The second-order valence-electron chi connectivity index (χ2n) is 5.90. The fraction of sp³-hybridized carbons (Fsp3) is 0.474. The first-order valence-electron chi connectivity index (χ1n) is 8.46. The monoisotopic (exact) mass is 363 g/mol. The van der Waals surface area contributed by atoms with Gasteiger partial charge in [0.05, 0.1) is 27.2 Å². The number of nitrogens with one attached hydrogen (secondary N) is 1. The van der Waals surface area contributed by atoms with E-state index in [-0.39, 0.29) is 30.9 Å². The minimum absolute atomic E-state index is 0.150. The molecule has 1 amide bonds. The maximum Gasteiger partial charge on any atom is 0.309 e. The van der Waals surface area contributed by atoms with Crippen LogP contribution < -0.4 is 19.5 Å². The van der Waals surface area contributed by atoms with Crippen molar-refractivity contribution >= 4 is 11.9 Å². The number of benzene rings is 1. The van der Waals surface area contributed by atoms with Crippen LogP contribution in [0.25, 0.3) is 0 Å². The van der Waals surface area contributed by atoms with E-state index >= 15 is 0 Å². The van der Waals surface area contributed by atoms with Crippen molar-refractivity contribution in [3.05, 3.63) is 29.8 Å². The van der Waals surface area contributed by atoms with Crippen LogP contribution in [0, 0.1) is 5.92 Å². The molecule has 0 bridgehead atoms. The second-order valence-corrected chi connectivity index (χ2v) is 5.90. The van der Waals surface area contributed by atoms with Crippen molar-refractivity contribution in [1.82, 2.24) is 5.32 Å². The summed E-state index contributed by atoms with van der Waals surface area (Å²) in [5.41, 5.74) is 0.775. The smallest absolute Gasteiger partial charge is 0.309 e. The zero-order chi connectivity index (χ0) is 18.9. The Balaban J connectivity index is 1.86. The Morgan fingerprint density at radius 1 is 1.08 bits per heavy atom. The summed E-state index contributed by atoms with van der Waals surface area (Å²) in [6.45, 7) is -0.0390. The molecule has 1 aromatic carbocycles. The zero-order valence-electron chi connectivity index (χ0n) is 15.4. The van der Waals surface area contributed by atoms with E-state index in [1.807, 2.05) is 12.2 Å². The average Bonchev–Trinajstić information content (AvgIpc) is 2.69. The van der Waals surface area contributed by atoms with Crippen LogP contribution in [-0.4, -0.2) is 39.8 Å². The fourth-order valence-electron chi connectivity index (χ4n) is 2.75. The fourth-order valence-corrected chi connectivity index (χ4v) is 2.75. The Bertz CT molecular complexity index is 645. The molecule has 26 heavy (non-hydrogen) atoms. The van der Waals surface area contributed by atoms with E-state index in [1.54, 1.807) is 12.1 Å². The molecule has 1 aliphatic rings. The number of esters is 1. The van der Waals surface area contributed by atoms with Crippen LogP contribution in [0.2, 0.25) is 0 Å². The molecule has 0 heterocycles. The van der Waals surface area contributed by atoms with Crippen molar-refractivity contribution in [3.8, 4) is 17.2 Å². The van der Waals surface area contributed by atoms with Crippen LogP contribution in [0.1, 0.15) is 24.8 Å². The first kappa shape index (κ1) is 19.6. The third kappa shape index (κ3) is 5.15. The molecule has 1 aliphatic carbocycles. The first-order valence-corrected chi connectivity index (χ1v) is 8.46. The third-order valence-corrected chi connectivity index (χ3v) is 4.16. The van der Waals surface area contributed by atoms with Gasteiger partial charge in [-0.05, 0) is 37.0 Å². The van der Waals surface area contributed by atoms with Crippen molar-refractivity contribution in [1.29, 1.82) is 0 Å². The Kier molecular flexibility index (Phi) is 7.32. The molecule has 0 unspecified atom stereocenters. The molecule has 0 saturated carbocycles. The van der Waals surface area contributed by atoms with Gasteiger partial charge in [0.2, 0.25) is 5.75 Å². The summed E-state index contributed by atoms with van der Waals surface area (Å²) < 4.78 is 20.9. The lowest BCUT2D eigenvalue weighted by Gasteiger charge is -2.16. The zero-order valence-corrected chi connectivity index (χ0v) is 15.4. The van der Waals surface area contributed by atoms with E-state index in [1.165, 1.54) is 21.3 Å². The van der Waals surface area contributed by atoms with Crippen molar-refractivity contribution < 1.29 is 28.5 Å². The Hall–Kier alpha value is -2.70. The highest BCUT2D eigenvalue weighted by atomic mass is 16.5. The normalized spacial score (nSPS) is 15.9. The van der Waals surface area contributed by atoms with Crippen LogP contribution >= 0.6 is 0 Å². The van der Waals surface area contributed by atoms with Crippen LogP contribution in [-0.2, 0) is 20.9 Å². The molecule has 0 aliphatic heterocycles. The van der Waals surface area contributed by atoms with Gasteiger partial charge in [0.1, 0.15) is 0 Å². The second kappa shape index (κ2) is 9.70. The molecule has 0 spiro atoms. The van der Waals surface area contributed by atoms with Gasteiger partial charge in [-0.25, -0.2) is 0 Å². The minimum Gasteiger partial charge on any atom is -0.493 e. The van der Waals surface area contributed by atoms with Crippen molar-refractivity contribution in [2.24, 2.45) is 5.92 Å². The molecule has 2 rings (SSSR count). The molecular formula is C19H25NO6. The number of carbonyl (C=O) groups excluding carboxylic acids is 2. The lowest BCUT2D eigenvalue weighted by atomic mass is 9.95. The van der Waals surface area contributed by atoms with Gasteiger partial charge in [0.15, 0.2) is 18.1 Å². The standard InChI is InChI=1S/C19H25NO6/c1-23-15-9-13(10-16(24-2)18(15)25-3)11-20-17(21)12-26-19(22)14-7-5-4-6-8-14/h4-5,9-10,14H,6-8,11-12H2,1-3H3,(H,20,21)/t14-/m0/s1. The highest BCUT2D eigenvalue weighted by molar-refractivity contribution is 5.81. The number of rotatable bonds is 8. The van der Waals surface area contributed by atoms with Crippen molar-refractivity contribution in [3.63, 3.8) is 0 Å². The molecular weight excluding hydrogens is 338 g/mol. The number of ether oxygens (including phenoxy) is 4. The van der Waals surface area contributed by atoms with E-state index in [0.29, 0.717) is 23.7 Å². The lowest BCUT2D eigenvalue weighted by Crippen LogP contribution is -2.30.